The highest BCUT2D eigenvalue weighted by Gasteiger charge is 2.16. The summed E-state index contributed by atoms with van der Waals surface area (Å²) >= 11 is 5.40. The summed E-state index contributed by atoms with van der Waals surface area (Å²) in [4.78, 5) is 7.68. The molecule has 3 aromatic heterocycles. The van der Waals surface area contributed by atoms with Crippen LogP contribution < -0.4 is 0 Å². The summed E-state index contributed by atoms with van der Waals surface area (Å²) in [5, 5.41) is 0. The van der Waals surface area contributed by atoms with E-state index >= 15 is 0 Å². The van der Waals surface area contributed by atoms with Gasteiger partial charge in [-0.3, -0.25) is 4.57 Å². The minimum Gasteiger partial charge on any atom is -0.464 e. The van der Waals surface area contributed by atoms with E-state index in [2.05, 4.69) is 23.0 Å². The largest absolute Gasteiger partial charge is 0.464 e. The predicted molar refractivity (Wildman–Crippen MR) is 76.9 cm³/mol. The third-order valence-electron chi connectivity index (χ3n) is 3.25. The topological polar surface area (TPSA) is 46.8 Å². The second kappa shape index (κ2) is 4.35. The number of nitrogens with zero attached hydrogens (tertiary/aromatic N) is 2. The van der Waals surface area contributed by atoms with Crippen molar-refractivity contribution in [2.75, 3.05) is 0 Å². The molecule has 0 bridgehead atoms. The molecule has 0 aromatic carbocycles. The van der Waals surface area contributed by atoms with E-state index in [1.54, 1.807) is 0 Å². The molecule has 1 N–H and O–H groups in total. The van der Waals surface area contributed by atoms with Crippen molar-refractivity contribution >= 4 is 23.4 Å². The van der Waals surface area contributed by atoms with Crippen LogP contribution in [0.3, 0.4) is 0 Å². The predicted octanol–water partition coefficient (Wildman–Crippen LogP) is 3.91. The van der Waals surface area contributed by atoms with Crippen LogP contribution in [0, 0.1) is 18.6 Å². The number of furan rings is 1. The van der Waals surface area contributed by atoms with Gasteiger partial charge in [0, 0.05) is 6.20 Å². The van der Waals surface area contributed by atoms with E-state index in [-0.39, 0.29) is 6.04 Å². The molecule has 4 nitrogen and oxygen atoms in total. The summed E-state index contributed by atoms with van der Waals surface area (Å²) in [6.07, 6.45) is 1.85. The molecule has 1 unspecified atom stereocenters. The molecule has 0 fully saturated rings. The van der Waals surface area contributed by atoms with Gasteiger partial charge in [0.05, 0.1) is 11.6 Å². The molecular formula is C14H15N3OS. The molecule has 3 rings (SSSR count). The quantitative estimate of drug-likeness (QED) is 0.720. The first-order valence-corrected chi connectivity index (χ1v) is 6.60. The number of imidazole rings is 1. The van der Waals surface area contributed by atoms with E-state index < -0.39 is 0 Å². The van der Waals surface area contributed by atoms with Crippen LogP contribution in [0.5, 0.6) is 0 Å². The van der Waals surface area contributed by atoms with Crippen LogP contribution in [0.4, 0.5) is 0 Å². The number of hydrogen-bond acceptors (Lipinski definition) is 3. The zero-order chi connectivity index (χ0) is 13.6. The molecule has 0 aliphatic carbocycles. The smallest absolute Gasteiger partial charge is 0.179 e. The van der Waals surface area contributed by atoms with Crippen molar-refractivity contribution in [3.8, 4) is 0 Å². The van der Waals surface area contributed by atoms with E-state index in [1.165, 1.54) is 0 Å². The fraction of sp³-hybridized carbons (Fsp3) is 0.286. The lowest BCUT2D eigenvalue weighted by Gasteiger charge is -2.11. The number of rotatable bonds is 2. The molecule has 0 saturated carbocycles. The normalized spacial score (nSPS) is 13.0. The molecule has 0 saturated heterocycles. The second-order valence-electron chi connectivity index (χ2n) is 4.81. The molecular weight excluding hydrogens is 258 g/mol. The number of fused-ring (bicyclic) bond motifs is 1. The monoisotopic (exact) mass is 273 g/mol. The molecule has 3 heterocycles. The summed E-state index contributed by atoms with van der Waals surface area (Å²) in [6.45, 7) is 6.01. The Morgan fingerprint density at radius 3 is 2.84 bits per heavy atom. The maximum Gasteiger partial charge on any atom is 0.179 e. The molecule has 0 aliphatic heterocycles. The Balaban J connectivity index is 2.19. The first-order chi connectivity index (χ1) is 9.06. The number of aromatic amines is 1. The van der Waals surface area contributed by atoms with E-state index in [0.717, 1.165) is 28.2 Å². The Morgan fingerprint density at radius 1 is 1.37 bits per heavy atom. The molecule has 19 heavy (non-hydrogen) atoms. The number of hydrogen-bond donors (Lipinski definition) is 1. The van der Waals surface area contributed by atoms with Crippen molar-refractivity contribution in [1.82, 2.24) is 14.5 Å². The van der Waals surface area contributed by atoms with Gasteiger partial charge in [-0.1, -0.05) is 0 Å². The lowest BCUT2D eigenvalue weighted by molar-refractivity contribution is 0.430. The molecule has 1 atom stereocenters. The highest BCUT2D eigenvalue weighted by molar-refractivity contribution is 7.71. The molecule has 98 valence electrons. The van der Waals surface area contributed by atoms with Gasteiger partial charge in [-0.15, -0.1) is 0 Å². The molecule has 0 amide bonds. The maximum absolute atomic E-state index is 5.69. The van der Waals surface area contributed by atoms with Crippen molar-refractivity contribution in [3.05, 3.63) is 46.3 Å². The van der Waals surface area contributed by atoms with Crippen LogP contribution in [-0.2, 0) is 0 Å². The highest BCUT2D eigenvalue weighted by atomic mass is 32.1. The average molecular weight is 273 g/mol. The zero-order valence-electron chi connectivity index (χ0n) is 11.1. The Morgan fingerprint density at radius 2 is 2.16 bits per heavy atom. The van der Waals surface area contributed by atoms with Gasteiger partial charge in [0.1, 0.15) is 11.5 Å². The van der Waals surface area contributed by atoms with Crippen molar-refractivity contribution in [1.29, 1.82) is 0 Å². The number of pyridine rings is 1. The second-order valence-corrected chi connectivity index (χ2v) is 5.20. The third-order valence-corrected chi connectivity index (χ3v) is 3.55. The number of aromatic nitrogens is 3. The minimum atomic E-state index is 0.0187. The lowest BCUT2D eigenvalue weighted by atomic mass is 10.2. The van der Waals surface area contributed by atoms with Crippen molar-refractivity contribution in [2.24, 2.45) is 0 Å². The molecule has 0 spiro atoms. The van der Waals surface area contributed by atoms with Crippen LogP contribution in [-0.4, -0.2) is 14.5 Å². The summed E-state index contributed by atoms with van der Waals surface area (Å²) in [7, 11) is 0. The van der Waals surface area contributed by atoms with Gasteiger partial charge in [0.2, 0.25) is 0 Å². The Labute approximate surface area is 116 Å². The minimum absolute atomic E-state index is 0.0187. The summed E-state index contributed by atoms with van der Waals surface area (Å²) in [5.74, 6) is 1.79. The van der Waals surface area contributed by atoms with Crippen molar-refractivity contribution < 1.29 is 4.42 Å². The fourth-order valence-corrected chi connectivity index (χ4v) is 2.64. The maximum atomic E-state index is 5.69. The van der Waals surface area contributed by atoms with Gasteiger partial charge in [0.25, 0.3) is 0 Å². The van der Waals surface area contributed by atoms with E-state index in [0.29, 0.717) is 4.77 Å². The molecule has 3 aromatic rings. The van der Waals surface area contributed by atoms with Gasteiger partial charge < -0.3 is 9.40 Å². The first kappa shape index (κ1) is 12.2. The van der Waals surface area contributed by atoms with Gasteiger partial charge in [-0.05, 0) is 56.8 Å². The fourth-order valence-electron chi connectivity index (χ4n) is 2.28. The van der Waals surface area contributed by atoms with Crippen LogP contribution in [0.1, 0.15) is 30.0 Å². The zero-order valence-corrected chi connectivity index (χ0v) is 11.9. The number of nitrogens with one attached hydrogen (secondary N) is 1. The Hall–Kier alpha value is -1.88. The third kappa shape index (κ3) is 2.00. The Bertz CT molecular complexity index is 796. The van der Waals surface area contributed by atoms with E-state index in [4.69, 9.17) is 16.6 Å². The first-order valence-electron chi connectivity index (χ1n) is 6.19. The SMILES string of the molecule is Cc1cnc2c(c1)[nH]c(=S)n2C(C)c1ccc(C)o1. The van der Waals surface area contributed by atoms with Crippen LogP contribution >= 0.6 is 12.2 Å². The highest BCUT2D eigenvalue weighted by Crippen LogP contribution is 2.24. The van der Waals surface area contributed by atoms with Gasteiger partial charge in [-0.2, -0.15) is 0 Å². The van der Waals surface area contributed by atoms with Crippen LogP contribution in [0.15, 0.2) is 28.8 Å². The summed E-state index contributed by atoms with van der Waals surface area (Å²) in [6, 6.07) is 6.01. The molecule has 0 aliphatic rings. The van der Waals surface area contributed by atoms with Gasteiger partial charge >= 0.3 is 0 Å². The average Bonchev–Trinajstić information content (AvgIpc) is 2.91. The summed E-state index contributed by atoms with van der Waals surface area (Å²) in [5.41, 5.74) is 2.93. The number of H-pyrrole nitrogens is 1. The van der Waals surface area contributed by atoms with E-state index in [9.17, 15) is 0 Å². The lowest BCUT2D eigenvalue weighted by Crippen LogP contribution is -2.06. The summed E-state index contributed by atoms with van der Waals surface area (Å²) < 4.78 is 8.34. The van der Waals surface area contributed by atoms with Gasteiger partial charge in [-0.25, -0.2) is 4.98 Å². The van der Waals surface area contributed by atoms with Crippen molar-refractivity contribution in [3.63, 3.8) is 0 Å². The molecule has 5 heteroatoms. The van der Waals surface area contributed by atoms with Crippen LogP contribution in [0.25, 0.3) is 11.2 Å². The van der Waals surface area contributed by atoms with Crippen LogP contribution in [0.2, 0.25) is 0 Å². The van der Waals surface area contributed by atoms with E-state index in [1.807, 2.05) is 36.7 Å². The van der Waals surface area contributed by atoms with Gasteiger partial charge in [0.15, 0.2) is 10.4 Å². The molecule has 0 radical (unpaired) electrons. The number of aryl methyl sites for hydroxylation is 2. The standard InChI is InChI=1S/C14H15N3OS/c1-8-6-11-13(15-7-8)17(14(19)16-11)10(3)12-5-4-9(2)18-12/h4-7,10H,1-3H3,(H,16,19). The van der Waals surface area contributed by atoms with Crippen molar-refractivity contribution in [2.45, 2.75) is 26.8 Å². The Kier molecular flexibility index (Phi) is 2.78.